The Kier molecular flexibility index (Phi) is 10.4. The van der Waals surface area contributed by atoms with Crippen LogP contribution in [0.1, 0.15) is 89.5 Å². The Morgan fingerprint density at radius 3 is 1.11 bits per heavy atom. The number of ether oxygens (including phenoxy) is 4. The molecule has 0 aliphatic heterocycles. The summed E-state index contributed by atoms with van der Waals surface area (Å²) >= 11 is 0. The molecular formula is C31H52O4Si2. The minimum Gasteiger partial charge on any atom is -0.484 e. The second-order valence-corrected chi connectivity index (χ2v) is 17.8. The molecule has 0 radical (unpaired) electrons. The van der Waals surface area contributed by atoms with Gasteiger partial charge in [0.05, 0.1) is 19.0 Å². The minimum atomic E-state index is -0.491. The van der Waals surface area contributed by atoms with E-state index in [1.54, 1.807) is 0 Å². The Morgan fingerprint density at radius 2 is 0.811 bits per heavy atom. The molecule has 208 valence electrons. The molecule has 0 bridgehead atoms. The molecular weight excluding hydrogens is 493 g/mol. The molecule has 2 rings (SSSR count). The summed E-state index contributed by atoms with van der Waals surface area (Å²) in [6.07, 6.45) is 1.23. The first kappa shape index (κ1) is 31.3. The van der Waals surface area contributed by atoms with Crippen LogP contribution < -0.4 is 29.3 Å². The van der Waals surface area contributed by atoms with Gasteiger partial charge in [0, 0.05) is 0 Å². The van der Waals surface area contributed by atoms with Gasteiger partial charge in [-0.2, -0.15) is 0 Å². The number of benzene rings is 2. The molecule has 0 amide bonds. The van der Waals surface area contributed by atoms with E-state index in [1.165, 1.54) is 28.9 Å². The normalized spacial score (nSPS) is 13.5. The molecule has 0 aliphatic rings. The summed E-state index contributed by atoms with van der Waals surface area (Å²) in [5.74, 6) is 3.62. The van der Waals surface area contributed by atoms with Gasteiger partial charge in [0.1, 0.15) is 22.4 Å². The molecule has 0 aromatic heterocycles. The zero-order valence-corrected chi connectivity index (χ0v) is 28.5. The van der Waals surface area contributed by atoms with Gasteiger partial charge in [-0.05, 0) is 106 Å². The molecule has 0 fully saturated rings. The summed E-state index contributed by atoms with van der Waals surface area (Å²) in [5.41, 5.74) is -1.06. The Bertz CT molecular complexity index is 924. The van der Waals surface area contributed by atoms with E-state index in [1.807, 2.05) is 12.1 Å². The molecule has 4 nitrogen and oxygen atoms in total. The van der Waals surface area contributed by atoms with Crippen LogP contribution in [0, 0.1) is 0 Å². The Morgan fingerprint density at radius 1 is 0.486 bits per heavy atom. The van der Waals surface area contributed by atoms with Gasteiger partial charge in [-0.25, -0.2) is 0 Å². The maximum atomic E-state index is 6.44. The van der Waals surface area contributed by atoms with Gasteiger partial charge in [-0.15, -0.1) is 0 Å². The fourth-order valence-electron chi connectivity index (χ4n) is 3.99. The number of rotatable bonds is 10. The molecule has 0 saturated carbocycles. The summed E-state index contributed by atoms with van der Waals surface area (Å²) in [7, 11) is -0.982. The second kappa shape index (κ2) is 12.3. The van der Waals surface area contributed by atoms with E-state index < -0.39 is 19.0 Å². The molecule has 0 unspecified atom stereocenters. The third kappa shape index (κ3) is 12.0. The lowest BCUT2D eigenvalue weighted by molar-refractivity contribution is 0.0969. The lowest BCUT2D eigenvalue weighted by atomic mass is 10.1. The van der Waals surface area contributed by atoms with Crippen molar-refractivity contribution in [2.75, 3.05) is 0 Å². The Labute approximate surface area is 231 Å². The average Bonchev–Trinajstić information content (AvgIpc) is 2.68. The predicted octanol–water partition coefficient (Wildman–Crippen LogP) is 5.91. The van der Waals surface area contributed by atoms with Crippen LogP contribution in [-0.2, 0) is 0 Å². The summed E-state index contributed by atoms with van der Waals surface area (Å²) in [6.45, 7) is 25.1. The van der Waals surface area contributed by atoms with Crippen LogP contribution in [0.2, 0.25) is 12.1 Å². The van der Waals surface area contributed by atoms with Crippen molar-refractivity contribution in [1.82, 2.24) is 0 Å². The maximum absolute atomic E-state index is 6.44. The molecule has 6 heteroatoms. The van der Waals surface area contributed by atoms with E-state index in [0.717, 1.165) is 23.0 Å². The van der Waals surface area contributed by atoms with Crippen LogP contribution in [0.5, 0.6) is 23.0 Å². The van der Waals surface area contributed by atoms with Gasteiger partial charge in [-0.1, -0.05) is 42.8 Å². The van der Waals surface area contributed by atoms with Gasteiger partial charge < -0.3 is 18.9 Å². The van der Waals surface area contributed by atoms with E-state index in [0.29, 0.717) is 0 Å². The average molecular weight is 545 g/mol. The summed E-state index contributed by atoms with van der Waals surface area (Å²) in [4.78, 5) is 0. The smallest absolute Gasteiger partial charge is 0.161 e. The van der Waals surface area contributed by atoms with E-state index in [-0.39, 0.29) is 22.4 Å². The van der Waals surface area contributed by atoms with E-state index >= 15 is 0 Å². The molecule has 0 spiro atoms. The van der Waals surface area contributed by atoms with Gasteiger partial charge in [0.25, 0.3) is 0 Å². The lowest BCUT2D eigenvalue weighted by Crippen LogP contribution is -2.31. The molecule has 2 aromatic rings. The predicted molar refractivity (Wildman–Crippen MR) is 165 cm³/mol. The van der Waals surface area contributed by atoms with E-state index in [2.05, 4.69) is 107 Å². The standard InChI is InChI=1S/C31H52O4Si2/c1-28(2,3)32-22-16-13-18-24(26(22)34-30(7,8)9)36-20-15-21-37-25-19-14-17-23(33-29(4,5)6)27(25)35-31(10,11)12/h13-14,16-19H,15,20-21,36-37H2,1-12H3. The molecule has 0 aliphatic carbocycles. The molecule has 0 atom stereocenters. The van der Waals surface area contributed by atoms with Crippen LogP contribution in [0.3, 0.4) is 0 Å². The molecule has 0 saturated heterocycles. The second-order valence-electron chi connectivity index (χ2n) is 13.9. The highest BCUT2D eigenvalue weighted by Gasteiger charge is 2.24. The van der Waals surface area contributed by atoms with Gasteiger partial charge in [0.2, 0.25) is 0 Å². The van der Waals surface area contributed by atoms with Crippen molar-refractivity contribution in [1.29, 1.82) is 0 Å². The third-order valence-electron chi connectivity index (χ3n) is 5.16. The Hall–Kier alpha value is -1.93. The molecule has 2 aromatic carbocycles. The summed E-state index contributed by atoms with van der Waals surface area (Å²) in [6, 6.07) is 15.3. The number of para-hydroxylation sites is 2. The fraction of sp³-hybridized carbons (Fsp3) is 0.613. The van der Waals surface area contributed by atoms with Crippen molar-refractivity contribution in [2.45, 2.75) is 124 Å². The minimum absolute atomic E-state index is 0.264. The van der Waals surface area contributed by atoms with Crippen molar-refractivity contribution in [2.24, 2.45) is 0 Å². The SMILES string of the molecule is CC(C)(C)Oc1cccc([SiH2]CCC[SiH2]c2cccc(OC(C)(C)C)c2OC(C)(C)C)c1OC(C)(C)C. The van der Waals surface area contributed by atoms with Crippen LogP contribution in [0.4, 0.5) is 0 Å². The molecule has 37 heavy (non-hydrogen) atoms. The first-order valence-electron chi connectivity index (χ1n) is 13.8. The molecule has 0 heterocycles. The van der Waals surface area contributed by atoms with Crippen LogP contribution in [0.25, 0.3) is 0 Å². The summed E-state index contributed by atoms with van der Waals surface area (Å²) < 4.78 is 25.4. The largest absolute Gasteiger partial charge is 0.484 e. The van der Waals surface area contributed by atoms with Gasteiger partial charge in [0.15, 0.2) is 23.0 Å². The van der Waals surface area contributed by atoms with Crippen LogP contribution >= 0.6 is 0 Å². The van der Waals surface area contributed by atoms with E-state index in [4.69, 9.17) is 18.9 Å². The first-order chi connectivity index (χ1) is 16.8. The summed E-state index contributed by atoms with van der Waals surface area (Å²) in [5, 5.41) is 2.71. The highest BCUT2D eigenvalue weighted by Crippen LogP contribution is 2.32. The topological polar surface area (TPSA) is 36.9 Å². The van der Waals surface area contributed by atoms with Crippen LogP contribution in [-0.4, -0.2) is 41.4 Å². The van der Waals surface area contributed by atoms with Crippen molar-refractivity contribution in [3.05, 3.63) is 36.4 Å². The maximum Gasteiger partial charge on any atom is 0.161 e. The number of hydrogen-bond acceptors (Lipinski definition) is 4. The lowest BCUT2D eigenvalue weighted by Gasteiger charge is -2.29. The monoisotopic (exact) mass is 544 g/mol. The van der Waals surface area contributed by atoms with E-state index in [9.17, 15) is 0 Å². The van der Waals surface area contributed by atoms with Crippen molar-refractivity contribution in [3.63, 3.8) is 0 Å². The zero-order valence-electron chi connectivity index (χ0n) is 25.6. The Balaban J connectivity index is 2.11. The zero-order chi connectivity index (χ0) is 28.1. The van der Waals surface area contributed by atoms with Crippen molar-refractivity contribution >= 4 is 29.4 Å². The third-order valence-corrected chi connectivity index (χ3v) is 9.06. The fourth-order valence-corrected chi connectivity index (χ4v) is 8.22. The highest BCUT2D eigenvalue weighted by molar-refractivity contribution is 6.56. The number of hydrogen-bond donors (Lipinski definition) is 0. The molecule has 0 N–H and O–H groups in total. The first-order valence-corrected chi connectivity index (χ1v) is 17.2. The van der Waals surface area contributed by atoms with Crippen LogP contribution in [0.15, 0.2) is 36.4 Å². The van der Waals surface area contributed by atoms with Gasteiger partial charge in [-0.3, -0.25) is 0 Å². The van der Waals surface area contributed by atoms with Crippen molar-refractivity contribution < 1.29 is 18.9 Å². The quantitative estimate of drug-likeness (QED) is 0.275. The highest BCUT2D eigenvalue weighted by atomic mass is 28.2. The van der Waals surface area contributed by atoms with Crippen molar-refractivity contribution in [3.8, 4) is 23.0 Å². The van der Waals surface area contributed by atoms with Gasteiger partial charge >= 0.3 is 0 Å².